The van der Waals surface area contributed by atoms with Crippen LogP contribution in [-0.2, 0) is 16.1 Å². The first-order chi connectivity index (χ1) is 18.7. The molecule has 11 heteroatoms. The summed E-state index contributed by atoms with van der Waals surface area (Å²) in [6.07, 6.45) is 1.64. The second-order valence-corrected chi connectivity index (χ2v) is 11.1. The van der Waals surface area contributed by atoms with Gasteiger partial charge in [-0.15, -0.1) is 0 Å². The van der Waals surface area contributed by atoms with E-state index in [1.807, 2.05) is 6.07 Å². The Balaban J connectivity index is 1.69. The number of aliphatic hydroxyl groups is 1. The highest BCUT2D eigenvalue weighted by Gasteiger charge is 2.34. The zero-order chi connectivity index (χ0) is 28.1. The van der Waals surface area contributed by atoms with Gasteiger partial charge in [0.05, 0.1) is 32.1 Å². The van der Waals surface area contributed by atoms with Crippen molar-refractivity contribution in [3.8, 4) is 5.75 Å². The van der Waals surface area contributed by atoms with Gasteiger partial charge in [-0.2, -0.15) is 0 Å². The lowest BCUT2D eigenvalue weighted by molar-refractivity contribution is -0.138. The fourth-order valence-electron chi connectivity index (χ4n) is 3.47. The van der Waals surface area contributed by atoms with E-state index in [9.17, 15) is 14.7 Å². The van der Waals surface area contributed by atoms with Gasteiger partial charge in [0, 0.05) is 10.0 Å². The van der Waals surface area contributed by atoms with Crippen molar-refractivity contribution in [2.24, 2.45) is 4.99 Å². The van der Waals surface area contributed by atoms with E-state index in [1.165, 1.54) is 6.07 Å². The lowest BCUT2D eigenvalue weighted by Gasteiger charge is -2.11. The molecule has 4 rings (SSSR count). The maximum atomic E-state index is 12.9. The number of thioether (sulfide) groups is 1. The number of hydrogen-bond acceptors (Lipinski definition) is 6. The van der Waals surface area contributed by atoms with Crippen LogP contribution < -0.4 is 4.74 Å². The number of nitrogens with zero attached hydrogens (tertiary/aromatic N) is 1. The van der Waals surface area contributed by atoms with Crippen molar-refractivity contribution in [1.82, 2.24) is 0 Å². The van der Waals surface area contributed by atoms with Crippen molar-refractivity contribution < 1.29 is 24.2 Å². The zero-order valence-corrected chi connectivity index (χ0v) is 24.9. The van der Waals surface area contributed by atoms with Crippen LogP contribution in [0.3, 0.4) is 0 Å². The third-order valence-corrected chi connectivity index (χ3v) is 7.90. The highest BCUT2D eigenvalue weighted by atomic mass is 79.9. The minimum atomic E-state index is -0.804. The van der Waals surface area contributed by atoms with Crippen LogP contribution in [-0.4, -0.2) is 28.6 Å². The van der Waals surface area contributed by atoms with E-state index in [-0.39, 0.29) is 45.1 Å². The van der Waals surface area contributed by atoms with Gasteiger partial charge in [0.15, 0.2) is 0 Å². The van der Waals surface area contributed by atoms with Crippen LogP contribution in [0.5, 0.6) is 5.75 Å². The summed E-state index contributed by atoms with van der Waals surface area (Å²) in [5.41, 5.74) is 1.36. The molecule has 0 aliphatic carbocycles. The molecular weight excluding hydrogens is 649 g/mol. The number of aliphatic hydroxyl groups excluding tert-OH is 1. The number of rotatable bonds is 7. The number of hydrogen-bond donors (Lipinski definition) is 1. The van der Waals surface area contributed by atoms with Crippen molar-refractivity contribution in [2.75, 3.05) is 6.61 Å². The molecule has 1 N–H and O–H groups in total. The maximum Gasteiger partial charge on any atom is 0.344 e. The van der Waals surface area contributed by atoms with Gasteiger partial charge < -0.3 is 14.6 Å². The summed E-state index contributed by atoms with van der Waals surface area (Å²) in [5.74, 6) is -1.33. The number of esters is 1. The maximum absolute atomic E-state index is 12.9. The van der Waals surface area contributed by atoms with Gasteiger partial charge in [-0.1, -0.05) is 80.7 Å². The number of halogens is 4. The molecule has 0 bridgehead atoms. The first kappa shape index (κ1) is 29.2. The van der Waals surface area contributed by atoms with E-state index in [0.717, 1.165) is 21.8 Å². The Morgan fingerprint density at radius 1 is 1.03 bits per heavy atom. The van der Waals surface area contributed by atoms with E-state index in [2.05, 4.69) is 20.9 Å². The quantitative estimate of drug-likeness (QED) is 0.254. The molecule has 0 spiro atoms. The van der Waals surface area contributed by atoms with Crippen LogP contribution >= 0.6 is 62.5 Å². The van der Waals surface area contributed by atoms with Gasteiger partial charge in [-0.25, -0.2) is 9.79 Å². The molecule has 1 amide bonds. The van der Waals surface area contributed by atoms with Gasteiger partial charge in [0.25, 0.3) is 5.91 Å². The Hall–Kier alpha value is -2.75. The first-order valence-corrected chi connectivity index (χ1v) is 14.2. The normalized spacial score (nSPS) is 15.2. The van der Waals surface area contributed by atoms with Crippen LogP contribution in [0, 0.1) is 0 Å². The molecule has 3 aromatic rings. The first-order valence-electron chi connectivity index (χ1n) is 11.4. The summed E-state index contributed by atoms with van der Waals surface area (Å²) in [4.78, 5) is 30.0. The van der Waals surface area contributed by atoms with Crippen LogP contribution in [0.2, 0.25) is 15.1 Å². The average Bonchev–Trinajstić information content (AvgIpc) is 3.20. The van der Waals surface area contributed by atoms with E-state index in [0.29, 0.717) is 21.4 Å². The monoisotopic (exact) mass is 665 g/mol. The number of aliphatic imine (C=N–C) groups is 1. The molecule has 1 aliphatic rings. The van der Waals surface area contributed by atoms with Crippen LogP contribution in [0.15, 0.2) is 86.4 Å². The summed E-state index contributed by atoms with van der Waals surface area (Å²) >= 11 is 22.7. The Morgan fingerprint density at radius 3 is 2.51 bits per heavy atom. The van der Waals surface area contributed by atoms with Gasteiger partial charge in [-0.05, 0) is 61.0 Å². The molecule has 200 valence electrons. The summed E-state index contributed by atoms with van der Waals surface area (Å²) in [5, 5.41) is 12.1. The molecule has 0 atom stereocenters. The van der Waals surface area contributed by atoms with Crippen molar-refractivity contribution >= 4 is 85.5 Å². The third kappa shape index (κ3) is 7.07. The van der Waals surface area contributed by atoms with Gasteiger partial charge in [0.1, 0.15) is 28.7 Å². The van der Waals surface area contributed by atoms with E-state index in [1.54, 1.807) is 61.5 Å². The minimum Gasteiger partial charge on any atom is -0.506 e. The predicted molar refractivity (Wildman–Crippen MR) is 160 cm³/mol. The van der Waals surface area contributed by atoms with E-state index in [4.69, 9.17) is 44.3 Å². The molecule has 0 radical (unpaired) electrons. The highest BCUT2D eigenvalue weighted by Crippen LogP contribution is 2.41. The Labute approximate surface area is 252 Å². The van der Waals surface area contributed by atoms with Gasteiger partial charge in [-0.3, -0.25) is 4.79 Å². The minimum absolute atomic E-state index is 0.00427. The fraction of sp³-hybridized carbons (Fsp3) is 0.107. The second kappa shape index (κ2) is 13.1. The van der Waals surface area contributed by atoms with Gasteiger partial charge in [0.2, 0.25) is 0 Å². The summed E-state index contributed by atoms with van der Waals surface area (Å²) in [6.45, 7) is 1.92. The number of amides is 1. The van der Waals surface area contributed by atoms with Crippen LogP contribution in [0.4, 0.5) is 0 Å². The lowest BCUT2D eigenvalue weighted by atomic mass is 10.1. The smallest absolute Gasteiger partial charge is 0.344 e. The molecule has 1 aliphatic heterocycles. The Morgan fingerprint density at radius 2 is 1.79 bits per heavy atom. The second-order valence-electron chi connectivity index (χ2n) is 7.98. The molecule has 3 aromatic carbocycles. The summed E-state index contributed by atoms with van der Waals surface area (Å²) < 4.78 is 11.9. The Kier molecular flexibility index (Phi) is 9.80. The molecule has 6 nitrogen and oxygen atoms in total. The molecule has 1 heterocycles. The molecule has 39 heavy (non-hydrogen) atoms. The highest BCUT2D eigenvalue weighted by molar-refractivity contribution is 9.10. The van der Waals surface area contributed by atoms with Crippen molar-refractivity contribution in [2.45, 2.75) is 13.5 Å². The Bertz CT molecular complexity index is 1550. The standard InChI is InChI=1S/C28H19BrCl3NO5S/c1-2-37-28(36)24-25(34)23(39-27(24)33-26(35)18-5-3-4-6-19(18)30)13-16-12-17(29)8-10-22(16)38-14-15-7-9-20(31)21(32)11-15/h3-13,34H,2,14H2,1H3/b23-13-,33-27?. The van der Waals surface area contributed by atoms with Crippen molar-refractivity contribution in [3.63, 3.8) is 0 Å². The van der Waals surface area contributed by atoms with E-state index >= 15 is 0 Å². The van der Waals surface area contributed by atoms with Crippen LogP contribution in [0.25, 0.3) is 6.08 Å². The number of carbonyl (C=O) groups is 2. The topological polar surface area (TPSA) is 85.2 Å². The fourth-order valence-corrected chi connectivity index (χ4v) is 5.39. The SMILES string of the molecule is CCOC(=O)C1=C(O)/C(=C/c2cc(Br)ccc2OCc2ccc(Cl)c(Cl)c2)SC1=NC(=O)c1ccccc1Cl. The molecular formula is C28H19BrCl3NO5S. The number of carbonyl (C=O) groups excluding carboxylic acids is 2. The summed E-state index contributed by atoms with van der Waals surface area (Å²) in [6, 6.07) is 17.0. The van der Waals surface area contributed by atoms with Gasteiger partial charge >= 0.3 is 5.97 Å². The predicted octanol–water partition coefficient (Wildman–Crippen LogP) is 8.69. The molecule has 0 aromatic heterocycles. The molecule has 0 saturated carbocycles. The van der Waals surface area contributed by atoms with E-state index < -0.39 is 11.9 Å². The average molecular weight is 668 g/mol. The third-order valence-electron chi connectivity index (χ3n) is 5.31. The lowest BCUT2D eigenvalue weighted by Crippen LogP contribution is -2.14. The molecule has 0 unspecified atom stereocenters. The molecule has 0 saturated heterocycles. The summed E-state index contributed by atoms with van der Waals surface area (Å²) in [7, 11) is 0. The van der Waals surface area contributed by atoms with Crippen LogP contribution in [0.1, 0.15) is 28.4 Å². The van der Waals surface area contributed by atoms with Crippen molar-refractivity contribution in [3.05, 3.63) is 113 Å². The largest absolute Gasteiger partial charge is 0.506 e. The number of benzene rings is 3. The molecule has 0 fully saturated rings. The zero-order valence-electron chi connectivity index (χ0n) is 20.2. The van der Waals surface area contributed by atoms with Crippen molar-refractivity contribution in [1.29, 1.82) is 0 Å². The number of ether oxygens (including phenoxy) is 2.